The summed E-state index contributed by atoms with van der Waals surface area (Å²) in [5, 5.41) is 13.8. The molecule has 144 valence electrons. The fraction of sp³-hybridized carbons (Fsp3) is 0.450. The summed E-state index contributed by atoms with van der Waals surface area (Å²) >= 11 is 0. The number of benzene rings is 1. The van der Waals surface area contributed by atoms with E-state index in [1.807, 2.05) is 49.0 Å². The molecule has 3 rings (SSSR count). The van der Waals surface area contributed by atoms with Gasteiger partial charge in [0.05, 0.1) is 18.8 Å². The second-order valence-electron chi connectivity index (χ2n) is 6.81. The van der Waals surface area contributed by atoms with Crippen LogP contribution in [0.5, 0.6) is 0 Å². The van der Waals surface area contributed by atoms with Gasteiger partial charge in [-0.2, -0.15) is 5.10 Å². The topological polar surface area (TPSA) is 83.3 Å². The van der Waals surface area contributed by atoms with Crippen LogP contribution in [-0.2, 0) is 24.9 Å². The smallest absolute Gasteiger partial charge is 0.227 e. The van der Waals surface area contributed by atoms with Crippen LogP contribution in [0.1, 0.15) is 37.4 Å². The Bertz CT molecular complexity index is 793. The molecule has 0 bridgehead atoms. The molecule has 7 nitrogen and oxygen atoms in total. The SMILES string of the molecule is CCNC(=NCc1cccc(NC(=O)C2CCC2)c1)NCc1ccnn1C. The average molecular weight is 368 g/mol. The van der Waals surface area contributed by atoms with Gasteiger partial charge in [0.1, 0.15) is 0 Å². The zero-order chi connectivity index (χ0) is 19.1. The van der Waals surface area contributed by atoms with Crippen molar-refractivity contribution in [2.24, 2.45) is 18.0 Å². The Balaban J connectivity index is 1.58. The summed E-state index contributed by atoms with van der Waals surface area (Å²) < 4.78 is 1.84. The Kier molecular flexibility index (Phi) is 6.46. The highest BCUT2D eigenvalue weighted by molar-refractivity contribution is 5.93. The van der Waals surface area contributed by atoms with Gasteiger partial charge in [-0.05, 0) is 43.5 Å². The van der Waals surface area contributed by atoms with E-state index in [-0.39, 0.29) is 11.8 Å². The van der Waals surface area contributed by atoms with Crippen LogP contribution in [-0.4, -0.2) is 28.2 Å². The number of aliphatic imine (C=N–C) groups is 1. The molecule has 0 spiro atoms. The first-order valence-electron chi connectivity index (χ1n) is 9.54. The van der Waals surface area contributed by atoms with Gasteiger partial charge in [0, 0.05) is 31.4 Å². The Morgan fingerprint density at radius 1 is 1.30 bits per heavy atom. The molecule has 0 unspecified atom stereocenters. The van der Waals surface area contributed by atoms with Crippen LogP contribution in [0, 0.1) is 5.92 Å². The molecule has 1 aromatic heterocycles. The minimum Gasteiger partial charge on any atom is -0.357 e. The van der Waals surface area contributed by atoms with Crippen molar-refractivity contribution in [3.8, 4) is 0 Å². The molecule has 1 aliphatic rings. The van der Waals surface area contributed by atoms with Gasteiger partial charge in [0.15, 0.2) is 5.96 Å². The first-order chi connectivity index (χ1) is 13.2. The number of aryl methyl sites for hydroxylation is 1. The lowest BCUT2D eigenvalue weighted by molar-refractivity contribution is -0.122. The van der Waals surface area contributed by atoms with Crippen LogP contribution in [0.4, 0.5) is 5.69 Å². The Labute approximate surface area is 160 Å². The first kappa shape index (κ1) is 18.9. The second-order valence-corrected chi connectivity index (χ2v) is 6.81. The molecule has 1 fully saturated rings. The number of carbonyl (C=O) groups excluding carboxylic acids is 1. The van der Waals surface area contributed by atoms with Crippen LogP contribution in [0.2, 0.25) is 0 Å². The molecular formula is C20H28N6O. The van der Waals surface area contributed by atoms with Crippen molar-refractivity contribution in [1.82, 2.24) is 20.4 Å². The van der Waals surface area contributed by atoms with E-state index in [0.29, 0.717) is 13.1 Å². The molecule has 0 atom stereocenters. The van der Waals surface area contributed by atoms with Gasteiger partial charge in [-0.3, -0.25) is 9.48 Å². The van der Waals surface area contributed by atoms with Crippen molar-refractivity contribution in [3.05, 3.63) is 47.8 Å². The van der Waals surface area contributed by atoms with E-state index in [4.69, 9.17) is 0 Å². The van der Waals surface area contributed by atoms with Gasteiger partial charge in [-0.1, -0.05) is 18.6 Å². The predicted molar refractivity (Wildman–Crippen MR) is 107 cm³/mol. The average Bonchev–Trinajstić information content (AvgIpc) is 3.01. The number of nitrogens with zero attached hydrogens (tertiary/aromatic N) is 3. The van der Waals surface area contributed by atoms with Gasteiger partial charge in [0.25, 0.3) is 0 Å². The number of nitrogens with one attached hydrogen (secondary N) is 3. The van der Waals surface area contributed by atoms with Gasteiger partial charge < -0.3 is 16.0 Å². The minimum absolute atomic E-state index is 0.132. The maximum absolute atomic E-state index is 12.1. The lowest BCUT2D eigenvalue weighted by atomic mass is 9.85. The monoisotopic (exact) mass is 368 g/mol. The highest BCUT2D eigenvalue weighted by Gasteiger charge is 2.25. The number of carbonyl (C=O) groups is 1. The van der Waals surface area contributed by atoms with E-state index >= 15 is 0 Å². The van der Waals surface area contributed by atoms with E-state index in [1.165, 1.54) is 0 Å². The van der Waals surface area contributed by atoms with Crippen molar-refractivity contribution >= 4 is 17.6 Å². The predicted octanol–water partition coefficient (Wildman–Crippen LogP) is 2.41. The molecule has 0 saturated heterocycles. The van der Waals surface area contributed by atoms with E-state index in [0.717, 1.165) is 48.7 Å². The third-order valence-electron chi connectivity index (χ3n) is 4.79. The zero-order valence-electron chi connectivity index (χ0n) is 16.0. The van der Waals surface area contributed by atoms with Gasteiger partial charge in [-0.25, -0.2) is 4.99 Å². The maximum Gasteiger partial charge on any atom is 0.227 e. The number of anilines is 1. The van der Waals surface area contributed by atoms with Crippen molar-refractivity contribution in [3.63, 3.8) is 0 Å². The molecular weight excluding hydrogens is 340 g/mol. The lowest BCUT2D eigenvalue weighted by Crippen LogP contribution is -2.37. The van der Waals surface area contributed by atoms with Gasteiger partial charge >= 0.3 is 0 Å². The minimum atomic E-state index is 0.132. The molecule has 3 N–H and O–H groups in total. The van der Waals surface area contributed by atoms with E-state index < -0.39 is 0 Å². The molecule has 1 amide bonds. The first-order valence-corrected chi connectivity index (χ1v) is 9.54. The van der Waals surface area contributed by atoms with Crippen molar-refractivity contribution in [2.45, 2.75) is 39.3 Å². The normalized spacial score (nSPS) is 14.5. The number of amides is 1. The summed E-state index contributed by atoms with van der Waals surface area (Å²) in [6.07, 6.45) is 4.95. The summed E-state index contributed by atoms with van der Waals surface area (Å²) in [4.78, 5) is 16.8. The molecule has 1 aliphatic carbocycles. The fourth-order valence-electron chi connectivity index (χ4n) is 2.92. The Hall–Kier alpha value is -2.83. The van der Waals surface area contributed by atoms with E-state index in [2.05, 4.69) is 26.0 Å². The molecule has 1 saturated carbocycles. The highest BCUT2D eigenvalue weighted by atomic mass is 16.1. The summed E-state index contributed by atoms with van der Waals surface area (Å²) in [5.74, 6) is 1.07. The molecule has 1 heterocycles. The largest absolute Gasteiger partial charge is 0.357 e. The van der Waals surface area contributed by atoms with Crippen LogP contribution in [0.25, 0.3) is 0 Å². The number of hydrogen-bond donors (Lipinski definition) is 3. The molecule has 1 aromatic carbocycles. The van der Waals surface area contributed by atoms with E-state index in [9.17, 15) is 4.79 Å². The number of hydrogen-bond acceptors (Lipinski definition) is 3. The second kappa shape index (κ2) is 9.21. The zero-order valence-corrected chi connectivity index (χ0v) is 16.0. The van der Waals surface area contributed by atoms with Gasteiger partial charge in [0.2, 0.25) is 5.91 Å². The van der Waals surface area contributed by atoms with Crippen LogP contribution >= 0.6 is 0 Å². The van der Waals surface area contributed by atoms with Crippen molar-refractivity contribution in [2.75, 3.05) is 11.9 Å². The highest BCUT2D eigenvalue weighted by Crippen LogP contribution is 2.27. The number of guanidine groups is 1. The fourth-order valence-corrected chi connectivity index (χ4v) is 2.92. The third-order valence-corrected chi connectivity index (χ3v) is 4.79. The van der Waals surface area contributed by atoms with Crippen LogP contribution in [0.3, 0.4) is 0 Å². The molecule has 7 heteroatoms. The standard InChI is InChI=1S/C20H28N6O/c1-3-21-20(23-14-18-10-11-24-26(18)2)22-13-15-6-4-9-17(12-15)25-19(27)16-7-5-8-16/h4,6,9-12,16H,3,5,7-8,13-14H2,1-2H3,(H,25,27)(H2,21,22,23). The number of aromatic nitrogens is 2. The van der Waals surface area contributed by atoms with Crippen LogP contribution < -0.4 is 16.0 Å². The maximum atomic E-state index is 12.1. The van der Waals surface area contributed by atoms with Crippen LogP contribution in [0.15, 0.2) is 41.5 Å². The summed E-state index contributed by atoms with van der Waals surface area (Å²) in [6, 6.07) is 9.87. The molecule has 2 aromatic rings. The summed E-state index contributed by atoms with van der Waals surface area (Å²) in [7, 11) is 1.92. The Morgan fingerprint density at radius 3 is 2.81 bits per heavy atom. The summed E-state index contributed by atoms with van der Waals surface area (Å²) in [6.45, 7) is 4.01. The molecule has 0 aliphatic heterocycles. The Morgan fingerprint density at radius 2 is 2.15 bits per heavy atom. The third kappa shape index (κ3) is 5.32. The van der Waals surface area contributed by atoms with Crippen molar-refractivity contribution in [1.29, 1.82) is 0 Å². The lowest BCUT2D eigenvalue weighted by Gasteiger charge is -2.24. The van der Waals surface area contributed by atoms with Crippen molar-refractivity contribution < 1.29 is 4.79 Å². The number of rotatable bonds is 7. The molecule has 27 heavy (non-hydrogen) atoms. The summed E-state index contributed by atoms with van der Waals surface area (Å²) in [5.41, 5.74) is 2.98. The molecule has 0 radical (unpaired) electrons. The van der Waals surface area contributed by atoms with E-state index in [1.54, 1.807) is 6.20 Å². The van der Waals surface area contributed by atoms with Gasteiger partial charge in [-0.15, -0.1) is 0 Å². The quantitative estimate of drug-likeness (QED) is 0.518.